The summed E-state index contributed by atoms with van der Waals surface area (Å²) in [5.74, 6) is 0.457. The Morgan fingerprint density at radius 3 is 2.94 bits per heavy atom. The minimum Gasteiger partial charge on any atom is -0.463 e. The molecule has 1 aliphatic rings. The molecule has 0 unspecified atom stereocenters. The highest BCUT2D eigenvalue weighted by atomic mass is 16.5. The van der Waals surface area contributed by atoms with Gasteiger partial charge in [0.1, 0.15) is 5.82 Å². The van der Waals surface area contributed by atoms with Gasteiger partial charge in [-0.3, -0.25) is 0 Å². The Hall–Kier alpha value is -1.65. The second-order valence-corrected chi connectivity index (χ2v) is 3.70. The van der Waals surface area contributed by atoms with Gasteiger partial charge < -0.3 is 10.1 Å². The smallest absolute Gasteiger partial charge is 0.376 e. The van der Waals surface area contributed by atoms with Gasteiger partial charge in [-0.25, -0.2) is 14.8 Å². The molecular weight excluding hydrogens is 206 g/mol. The number of carbonyl (C=O) groups excluding carboxylic acids is 1. The van der Waals surface area contributed by atoms with Gasteiger partial charge in [-0.05, 0) is 26.2 Å². The first-order valence-corrected chi connectivity index (χ1v) is 5.48. The van der Waals surface area contributed by atoms with E-state index in [-0.39, 0.29) is 5.82 Å². The molecule has 0 fully saturated rings. The Bertz CT molecular complexity index is 418. The predicted molar refractivity (Wildman–Crippen MR) is 59.6 cm³/mol. The quantitative estimate of drug-likeness (QED) is 0.776. The van der Waals surface area contributed by atoms with Crippen molar-refractivity contribution in [2.45, 2.75) is 26.2 Å². The highest BCUT2D eigenvalue weighted by Crippen LogP contribution is 2.26. The molecule has 1 aromatic rings. The maximum atomic E-state index is 11.4. The number of rotatable bonds is 3. The molecule has 1 N–H and O–H groups in total. The van der Waals surface area contributed by atoms with Gasteiger partial charge in [0.25, 0.3) is 0 Å². The summed E-state index contributed by atoms with van der Waals surface area (Å²) in [6.45, 7) is 2.78. The first-order chi connectivity index (χ1) is 7.76. The summed E-state index contributed by atoms with van der Waals surface area (Å²) >= 11 is 0. The fourth-order valence-electron chi connectivity index (χ4n) is 1.93. The SMILES string of the molecule is CCNc1nc(C(=O)OC)nc2c1CCC2. The first kappa shape index (κ1) is 10.9. The Balaban J connectivity index is 2.43. The monoisotopic (exact) mass is 221 g/mol. The zero-order chi connectivity index (χ0) is 11.5. The number of anilines is 1. The zero-order valence-electron chi connectivity index (χ0n) is 9.54. The Labute approximate surface area is 94.2 Å². The van der Waals surface area contributed by atoms with Gasteiger partial charge in [-0.15, -0.1) is 0 Å². The van der Waals surface area contributed by atoms with Crippen molar-refractivity contribution in [3.63, 3.8) is 0 Å². The number of aromatic nitrogens is 2. The molecule has 86 valence electrons. The molecule has 0 aliphatic heterocycles. The van der Waals surface area contributed by atoms with Crippen LogP contribution in [0.4, 0.5) is 5.82 Å². The van der Waals surface area contributed by atoms with Crippen LogP contribution in [0.15, 0.2) is 0 Å². The van der Waals surface area contributed by atoms with E-state index in [1.165, 1.54) is 7.11 Å². The van der Waals surface area contributed by atoms with E-state index in [4.69, 9.17) is 0 Å². The van der Waals surface area contributed by atoms with Crippen molar-refractivity contribution in [2.75, 3.05) is 19.0 Å². The van der Waals surface area contributed by atoms with E-state index in [2.05, 4.69) is 20.0 Å². The van der Waals surface area contributed by atoms with Gasteiger partial charge in [-0.1, -0.05) is 0 Å². The van der Waals surface area contributed by atoms with Crippen LogP contribution in [0.2, 0.25) is 0 Å². The number of aryl methyl sites for hydroxylation is 1. The lowest BCUT2D eigenvalue weighted by Gasteiger charge is -2.09. The average molecular weight is 221 g/mol. The maximum Gasteiger partial charge on any atom is 0.376 e. The van der Waals surface area contributed by atoms with E-state index in [0.29, 0.717) is 0 Å². The number of fused-ring (bicyclic) bond motifs is 1. The number of methoxy groups -OCH3 is 1. The number of hydrogen-bond acceptors (Lipinski definition) is 5. The number of hydrogen-bond donors (Lipinski definition) is 1. The molecule has 1 heterocycles. The summed E-state index contributed by atoms with van der Waals surface area (Å²) in [4.78, 5) is 19.8. The van der Waals surface area contributed by atoms with Crippen molar-refractivity contribution in [3.8, 4) is 0 Å². The standard InChI is InChI=1S/C11H15N3O2/c1-3-12-9-7-5-4-6-8(7)13-10(14-9)11(15)16-2/h3-6H2,1-2H3,(H,12,13,14). The van der Waals surface area contributed by atoms with Crippen LogP contribution >= 0.6 is 0 Å². The van der Waals surface area contributed by atoms with E-state index in [0.717, 1.165) is 42.9 Å². The summed E-state index contributed by atoms with van der Waals surface area (Å²) < 4.78 is 4.64. The first-order valence-electron chi connectivity index (χ1n) is 5.48. The molecule has 2 rings (SSSR count). The molecule has 0 spiro atoms. The van der Waals surface area contributed by atoms with Crippen molar-refractivity contribution in [3.05, 3.63) is 17.1 Å². The van der Waals surface area contributed by atoms with Crippen molar-refractivity contribution in [2.24, 2.45) is 0 Å². The molecule has 0 atom stereocenters. The van der Waals surface area contributed by atoms with Gasteiger partial charge in [0.2, 0.25) is 5.82 Å². The summed E-state index contributed by atoms with van der Waals surface area (Å²) in [7, 11) is 1.34. The number of esters is 1. The van der Waals surface area contributed by atoms with Gasteiger partial charge in [0.05, 0.1) is 12.8 Å². The Morgan fingerprint density at radius 1 is 1.44 bits per heavy atom. The van der Waals surface area contributed by atoms with Crippen molar-refractivity contribution >= 4 is 11.8 Å². The third-order valence-corrected chi connectivity index (χ3v) is 2.65. The number of nitrogens with one attached hydrogen (secondary N) is 1. The van der Waals surface area contributed by atoms with Crippen LogP contribution in [-0.2, 0) is 17.6 Å². The molecule has 5 heteroatoms. The van der Waals surface area contributed by atoms with Crippen LogP contribution in [-0.4, -0.2) is 29.6 Å². The zero-order valence-corrected chi connectivity index (χ0v) is 9.54. The molecule has 5 nitrogen and oxygen atoms in total. The summed E-state index contributed by atoms with van der Waals surface area (Å²) in [5.41, 5.74) is 2.13. The molecule has 0 saturated heterocycles. The Kier molecular flexibility index (Phi) is 3.03. The highest BCUT2D eigenvalue weighted by molar-refractivity contribution is 5.85. The normalized spacial score (nSPS) is 13.4. The van der Waals surface area contributed by atoms with Crippen LogP contribution in [0.25, 0.3) is 0 Å². The lowest BCUT2D eigenvalue weighted by atomic mass is 10.2. The fourth-order valence-corrected chi connectivity index (χ4v) is 1.93. The summed E-state index contributed by atoms with van der Waals surface area (Å²) in [5, 5.41) is 3.17. The number of carbonyl (C=O) groups is 1. The van der Waals surface area contributed by atoms with E-state index < -0.39 is 5.97 Å². The molecular formula is C11H15N3O2. The molecule has 0 bridgehead atoms. The van der Waals surface area contributed by atoms with Gasteiger partial charge in [0, 0.05) is 12.1 Å². The van der Waals surface area contributed by atoms with Crippen LogP contribution in [0.1, 0.15) is 35.2 Å². The number of ether oxygens (including phenoxy) is 1. The summed E-state index contributed by atoms with van der Waals surface area (Å²) in [6.07, 6.45) is 2.98. The average Bonchev–Trinajstić information content (AvgIpc) is 2.76. The molecule has 1 aliphatic carbocycles. The largest absolute Gasteiger partial charge is 0.463 e. The molecule has 0 amide bonds. The second-order valence-electron chi connectivity index (χ2n) is 3.70. The lowest BCUT2D eigenvalue weighted by molar-refractivity contribution is 0.0586. The van der Waals surface area contributed by atoms with E-state index >= 15 is 0 Å². The third-order valence-electron chi connectivity index (χ3n) is 2.65. The summed E-state index contributed by atoms with van der Waals surface area (Å²) in [6, 6.07) is 0. The van der Waals surface area contributed by atoms with E-state index in [1.54, 1.807) is 0 Å². The topological polar surface area (TPSA) is 64.1 Å². The predicted octanol–water partition coefficient (Wildman–Crippen LogP) is 1.18. The van der Waals surface area contributed by atoms with Crippen molar-refractivity contribution < 1.29 is 9.53 Å². The van der Waals surface area contributed by atoms with Crippen molar-refractivity contribution in [1.82, 2.24) is 9.97 Å². The van der Waals surface area contributed by atoms with Crippen LogP contribution < -0.4 is 5.32 Å². The molecule has 0 saturated carbocycles. The second kappa shape index (κ2) is 4.47. The minimum absolute atomic E-state index is 0.152. The van der Waals surface area contributed by atoms with Crippen LogP contribution in [0.5, 0.6) is 0 Å². The van der Waals surface area contributed by atoms with Gasteiger partial charge in [0.15, 0.2) is 0 Å². The third kappa shape index (κ3) is 1.85. The van der Waals surface area contributed by atoms with E-state index in [9.17, 15) is 4.79 Å². The van der Waals surface area contributed by atoms with Gasteiger partial charge in [-0.2, -0.15) is 0 Å². The maximum absolute atomic E-state index is 11.4. The van der Waals surface area contributed by atoms with Crippen LogP contribution in [0.3, 0.4) is 0 Å². The Morgan fingerprint density at radius 2 is 2.25 bits per heavy atom. The van der Waals surface area contributed by atoms with Crippen LogP contribution in [0, 0.1) is 0 Å². The lowest BCUT2D eigenvalue weighted by Crippen LogP contribution is -2.13. The highest BCUT2D eigenvalue weighted by Gasteiger charge is 2.21. The number of nitrogens with zero attached hydrogens (tertiary/aromatic N) is 2. The van der Waals surface area contributed by atoms with E-state index in [1.807, 2.05) is 6.92 Å². The molecule has 16 heavy (non-hydrogen) atoms. The molecule has 0 aromatic carbocycles. The fraction of sp³-hybridized carbons (Fsp3) is 0.545. The molecule has 1 aromatic heterocycles. The molecule has 0 radical (unpaired) electrons. The van der Waals surface area contributed by atoms with Gasteiger partial charge >= 0.3 is 5.97 Å². The minimum atomic E-state index is -0.478. The van der Waals surface area contributed by atoms with Crippen molar-refractivity contribution in [1.29, 1.82) is 0 Å².